The summed E-state index contributed by atoms with van der Waals surface area (Å²) >= 11 is 5.77. The van der Waals surface area contributed by atoms with Crippen LogP contribution >= 0.6 is 24.0 Å². The van der Waals surface area contributed by atoms with E-state index in [0.717, 1.165) is 0 Å². The highest BCUT2D eigenvalue weighted by Crippen LogP contribution is 2.23. The quantitative estimate of drug-likeness (QED) is 0.440. The monoisotopic (exact) mass is 245 g/mol. The third-order valence-electron chi connectivity index (χ3n) is 1.78. The minimum absolute atomic E-state index is 0. The fraction of sp³-hybridized carbons (Fsp3) is 0. The van der Waals surface area contributed by atoms with E-state index in [-0.39, 0.29) is 18.1 Å². The number of nitro benzene ring substituents is 1. The summed E-state index contributed by atoms with van der Waals surface area (Å²) in [5.41, 5.74) is 0.464. The fourth-order valence-electron chi connectivity index (χ4n) is 1.13. The second kappa shape index (κ2) is 4.37. The molecule has 1 aromatic carbocycles. The highest BCUT2D eigenvalue weighted by Gasteiger charge is 2.08. The average Bonchev–Trinajstić information content (AvgIpc) is 2.17. The molecule has 0 saturated heterocycles. The minimum Gasteiger partial charge on any atom is -0.258 e. The summed E-state index contributed by atoms with van der Waals surface area (Å²) in [6.45, 7) is 0. The molecule has 0 bridgehead atoms. The van der Waals surface area contributed by atoms with Gasteiger partial charge in [-0.1, -0.05) is 11.6 Å². The van der Waals surface area contributed by atoms with Crippen LogP contribution in [0.25, 0.3) is 10.9 Å². The maximum absolute atomic E-state index is 10.5. The molecule has 0 radical (unpaired) electrons. The predicted octanol–water partition coefficient (Wildman–Crippen LogP) is 2.61. The number of aromatic nitrogens is 2. The van der Waals surface area contributed by atoms with Crippen molar-refractivity contribution >= 4 is 40.6 Å². The van der Waals surface area contributed by atoms with Gasteiger partial charge in [0.2, 0.25) is 0 Å². The van der Waals surface area contributed by atoms with Gasteiger partial charge in [0.05, 0.1) is 10.4 Å². The van der Waals surface area contributed by atoms with Crippen LogP contribution in [-0.4, -0.2) is 14.9 Å². The van der Waals surface area contributed by atoms with Crippen molar-refractivity contribution in [2.45, 2.75) is 0 Å². The van der Waals surface area contributed by atoms with Crippen LogP contribution in [0.5, 0.6) is 0 Å². The van der Waals surface area contributed by atoms with E-state index in [1.54, 1.807) is 0 Å². The molecule has 0 fully saturated rings. The minimum atomic E-state index is -0.477. The van der Waals surface area contributed by atoms with Crippen LogP contribution in [0.15, 0.2) is 24.5 Å². The summed E-state index contributed by atoms with van der Waals surface area (Å²) in [6, 6.07) is 4.27. The van der Waals surface area contributed by atoms with E-state index in [9.17, 15) is 10.1 Å². The van der Waals surface area contributed by atoms with E-state index in [4.69, 9.17) is 11.6 Å². The number of hydrogen-bond acceptors (Lipinski definition) is 4. The molecule has 78 valence electrons. The van der Waals surface area contributed by atoms with E-state index >= 15 is 0 Å². The Balaban J connectivity index is 0.00000112. The van der Waals surface area contributed by atoms with E-state index in [0.29, 0.717) is 16.1 Å². The maximum Gasteiger partial charge on any atom is 0.271 e. The molecule has 2 aromatic rings. The van der Waals surface area contributed by atoms with Crippen molar-refractivity contribution < 1.29 is 4.92 Å². The van der Waals surface area contributed by atoms with Gasteiger partial charge >= 0.3 is 0 Å². The highest BCUT2D eigenvalue weighted by molar-refractivity contribution is 6.34. The second-order valence-corrected chi connectivity index (χ2v) is 2.98. The largest absolute Gasteiger partial charge is 0.271 e. The summed E-state index contributed by atoms with van der Waals surface area (Å²) in [7, 11) is 0. The third kappa shape index (κ3) is 2.14. The fourth-order valence-corrected chi connectivity index (χ4v) is 1.33. The Hall–Kier alpha value is -1.46. The third-order valence-corrected chi connectivity index (χ3v) is 2.08. The Kier molecular flexibility index (Phi) is 3.39. The Morgan fingerprint density at radius 2 is 2.07 bits per heavy atom. The molecule has 0 aliphatic rings. The average molecular weight is 246 g/mol. The van der Waals surface area contributed by atoms with Crippen LogP contribution in [0, 0.1) is 10.1 Å². The molecule has 0 N–H and O–H groups in total. The molecule has 0 amide bonds. The van der Waals surface area contributed by atoms with E-state index in [2.05, 4.69) is 9.97 Å². The number of rotatable bonds is 1. The van der Waals surface area contributed by atoms with Crippen molar-refractivity contribution in [2.75, 3.05) is 0 Å². The molecule has 0 aliphatic heterocycles. The number of fused-ring (bicyclic) bond motifs is 1. The Morgan fingerprint density at radius 3 is 2.73 bits per heavy atom. The van der Waals surface area contributed by atoms with Gasteiger partial charge in [-0.3, -0.25) is 10.1 Å². The molecule has 15 heavy (non-hydrogen) atoms. The van der Waals surface area contributed by atoms with Gasteiger partial charge in [0.1, 0.15) is 11.5 Å². The standard InChI is InChI=1S/C8H4ClN3O2.ClH/c9-8-6-2-1-5(12(13)14)3-7(6)10-4-11-8;/h1-4H;1H. The van der Waals surface area contributed by atoms with Crippen LogP contribution in [0.4, 0.5) is 5.69 Å². The molecule has 0 aliphatic carbocycles. The zero-order valence-corrected chi connectivity index (χ0v) is 8.83. The summed E-state index contributed by atoms with van der Waals surface area (Å²) in [6.07, 6.45) is 1.27. The van der Waals surface area contributed by atoms with Gasteiger partial charge in [-0.15, -0.1) is 12.4 Å². The van der Waals surface area contributed by atoms with Gasteiger partial charge < -0.3 is 0 Å². The molecule has 2 rings (SSSR count). The first kappa shape index (κ1) is 11.6. The number of hydrogen-bond donors (Lipinski definition) is 0. The molecule has 0 saturated carbocycles. The summed E-state index contributed by atoms with van der Waals surface area (Å²) in [5, 5.41) is 11.4. The lowest BCUT2D eigenvalue weighted by atomic mass is 10.2. The molecule has 1 heterocycles. The molecule has 0 unspecified atom stereocenters. The van der Waals surface area contributed by atoms with Gasteiger partial charge in [-0.05, 0) is 6.07 Å². The molecule has 1 aromatic heterocycles. The highest BCUT2D eigenvalue weighted by atomic mass is 35.5. The Labute approximate surface area is 95.7 Å². The van der Waals surface area contributed by atoms with Gasteiger partial charge in [0.15, 0.2) is 0 Å². The predicted molar refractivity (Wildman–Crippen MR) is 58.5 cm³/mol. The van der Waals surface area contributed by atoms with Crippen molar-refractivity contribution in [3.63, 3.8) is 0 Å². The van der Waals surface area contributed by atoms with Gasteiger partial charge in [-0.2, -0.15) is 0 Å². The first-order valence-electron chi connectivity index (χ1n) is 3.73. The van der Waals surface area contributed by atoms with Gasteiger partial charge in [-0.25, -0.2) is 9.97 Å². The SMILES string of the molecule is Cl.O=[N+]([O-])c1ccc2c(Cl)ncnc2c1. The van der Waals surface area contributed by atoms with Crippen molar-refractivity contribution in [3.8, 4) is 0 Å². The van der Waals surface area contributed by atoms with Crippen LogP contribution in [-0.2, 0) is 0 Å². The van der Waals surface area contributed by atoms with Crippen LogP contribution < -0.4 is 0 Å². The number of halogens is 2. The van der Waals surface area contributed by atoms with Gasteiger partial charge in [0.25, 0.3) is 5.69 Å². The first-order chi connectivity index (χ1) is 6.68. The topological polar surface area (TPSA) is 68.9 Å². The molecule has 5 nitrogen and oxygen atoms in total. The van der Waals surface area contributed by atoms with Crippen LogP contribution in [0.2, 0.25) is 5.15 Å². The first-order valence-corrected chi connectivity index (χ1v) is 4.11. The Bertz CT molecular complexity index is 518. The zero-order chi connectivity index (χ0) is 10.1. The normalized spacial score (nSPS) is 9.67. The molecule has 0 spiro atoms. The van der Waals surface area contributed by atoms with Crippen molar-refractivity contribution in [1.29, 1.82) is 0 Å². The lowest BCUT2D eigenvalue weighted by Crippen LogP contribution is -1.89. The molecule has 7 heteroatoms. The summed E-state index contributed by atoms with van der Waals surface area (Å²) in [4.78, 5) is 17.6. The summed E-state index contributed by atoms with van der Waals surface area (Å²) in [5.74, 6) is 0. The lowest BCUT2D eigenvalue weighted by molar-refractivity contribution is -0.384. The molecular weight excluding hydrogens is 241 g/mol. The molecule has 0 atom stereocenters. The van der Waals surface area contributed by atoms with Crippen molar-refractivity contribution in [1.82, 2.24) is 9.97 Å². The van der Waals surface area contributed by atoms with Crippen LogP contribution in [0.3, 0.4) is 0 Å². The number of benzene rings is 1. The van der Waals surface area contributed by atoms with Crippen molar-refractivity contribution in [2.24, 2.45) is 0 Å². The van der Waals surface area contributed by atoms with E-state index in [1.807, 2.05) is 0 Å². The lowest BCUT2D eigenvalue weighted by Gasteiger charge is -1.97. The maximum atomic E-state index is 10.5. The van der Waals surface area contributed by atoms with Crippen molar-refractivity contribution in [3.05, 3.63) is 39.8 Å². The van der Waals surface area contributed by atoms with E-state index < -0.39 is 4.92 Å². The second-order valence-electron chi connectivity index (χ2n) is 2.62. The number of nitro groups is 1. The van der Waals surface area contributed by atoms with Crippen LogP contribution in [0.1, 0.15) is 0 Å². The Morgan fingerprint density at radius 1 is 1.33 bits per heavy atom. The zero-order valence-electron chi connectivity index (χ0n) is 7.25. The molecular formula is C8H5Cl2N3O2. The summed E-state index contributed by atoms with van der Waals surface area (Å²) < 4.78 is 0. The number of non-ortho nitro benzene ring substituents is 1. The number of nitrogens with zero attached hydrogens (tertiary/aromatic N) is 3. The smallest absolute Gasteiger partial charge is 0.258 e. The van der Waals surface area contributed by atoms with E-state index in [1.165, 1.54) is 24.5 Å². The van der Waals surface area contributed by atoms with Gasteiger partial charge in [0, 0.05) is 17.5 Å².